The van der Waals surface area contributed by atoms with E-state index in [0.29, 0.717) is 17.5 Å². The number of fused-ring (bicyclic) bond motifs is 2. The molecule has 9 heteroatoms. The van der Waals surface area contributed by atoms with Gasteiger partial charge >= 0.3 is 0 Å². The summed E-state index contributed by atoms with van der Waals surface area (Å²) in [6, 6.07) is 16.0. The van der Waals surface area contributed by atoms with Gasteiger partial charge in [-0.1, -0.05) is 75.7 Å². The molecule has 0 radical (unpaired) electrons. The summed E-state index contributed by atoms with van der Waals surface area (Å²) in [4.78, 5) is 27.9. The first-order valence-corrected chi connectivity index (χ1v) is 14.4. The molecule has 6 nitrogen and oxygen atoms in total. The third kappa shape index (κ3) is 4.52. The van der Waals surface area contributed by atoms with Gasteiger partial charge in [-0.15, -0.1) is 0 Å². The molecule has 0 unspecified atom stereocenters. The van der Waals surface area contributed by atoms with Crippen molar-refractivity contribution in [3.63, 3.8) is 0 Å². The number of nitrogens with one attached hydrogen (secondary N) is 1. The first-order chi connectivity index (χ1) is 17.0. The number of Topliss-reactive ketones (excluding diaryl/α,β-unsaturated/α-hetero) is 1. The molecule has 1 aliphatic carbocycles. The summed E-state index contributed by atoms with van der Waals surface area (Å²) in [6.45, 7) is 3.83. The number of carbonyl (C=O) groups is 2. The van der Waals surface area contributed by atoms with Gasteiger partial charge in [-0.2, -0.15) is 4.57 Å². The zero-order chi connectivity index (χ0) is 24.5. The second-order valence-electron chi connectivity index (χ2n) is 7.97. The Bertz CT molecular complexity index is 1440. The molecule has 1 aromatic heterocycles. The number of ketones is 1. The highest BCUT2D eigenvalue weighted by atomic mass is 127. The zero-order valence-electron chi connectivity index (χ0n) is 18.9. The number of aromatic nitrogens is 1. The van der Waals surface area contributed by atoms with Gasteiger partial charge in [0.2, 0.25) is 11.4 Å². The minimum Gasteiger partial charge on any atom is -0.871 e. The van der Waals surface area contributed by atoms with Gasteiger partial charge in [0.05, 0.1) is 21.7 Å². The van der Waals surface area contributed by atoms with Crippen LogP contribution in [-0.2, 0) is 16.1 Å². The lowest BCUT2D eigenvalue weighted by molar-refractivity contribution is -0.666. The van der Waals surface area contributed by atoms with Crippen LogP contribution >= 0.6 is 45.7 Å². The van der Waals surface area contributed by atoms with Crippen LogP contribution in [0.4, 0.5) is 5.69 Å². The maximum atomic E-state index is 13.0. The maximum absolute atomic E-state index is 13.0. The molecule has 178 valence electrons. The van der Waals surface area contributed by atoms with Crippen LogP contribution < -0.4 is 19.9 Å². The van der Waals surface area contributed by atoms with E-state index in [1.54, 1.807) is 23.9 Å². The van der Waals surface area contributed by atoms with Crippen molar-refractivity contribution >= 4 is 79.4 Å². The number of allylic oxidation sites excluding steroid dienone is 3. The standard InChI is InChI=1S/C26H22IN3O3S2/c1-2-29-18-7-3-5-9-20(18)34-23(29)13-16-25(32)17(26(16)33)14-24-30(12-11-28-22(31)15-27)19-8-4-6-10-21(19)35-24/h3-10,13-14H,2,11-12,15H2,1H3,(H-,28,31,32,33). The Morgan fingerprint density at radius 1 is 1.17 bits per heavy atom. The molecule has 0 saturated heterocycles. The topological polar surface area (TPSA) is 76.3 Å². The first kappa shape index (κ1) is 24.1. The van der Waals surface area contributed by atoms with Crippen LogP contribution in [-0.4, -0.2) is 29.2 Å². The highest BCUT2D eigenvalue weighted by Gasteiger charge is 2.31. The van der Waals surface area contributed by atoms with Crippen LogP contribution in [0.25, 0.3) is 16.3 Å². The molecular weight excluding hydrogens is 593 g/mol. The van der Waals surface area contributed by atoms with Crippen LogP contribution in [0, 0.1) is 0 Å². The fourth-order valence-electron chi connectivity index (χ4n) is 4.17. The summed E-state index contributed by atoms with van der Waals surface area (Å²) >= 11 is 5.14. The molecule has 2 heterocycles. The van der Waals surface area contributed by atoms with E-state index in [1.807, 2.05) is 65.1 Å². The summed E-state index contributed by atoms with van der Waals surface area (Å²) in [6.07, 6.45) is 3.43. The predicted octanol–water partition coefficient (Wildman–Crippen LogP) is 3.79. The number of thiazole rings is 1. The number of amides is 1. The van der Waals surface area contributed by atoms with Gasteiger partial charge in [0.1, 0.15) is 4.70 Å². The number of anilines is 1. The third-order valence-electron chi connectivity index (χ3n) is 5.88. The average molecular weight is 616 g/mol. The number of rotatable bonds is 7. The van der Waals surface area contributed by atoms with E-state index in [1.165, 1.54) is 11.3 Å². The van der Waals surface area contributed by atoms with Gasteiger partial charge in [0, 0.05) is 34.7 Å². The molecule has 0 saturated carbocycles. The Balaban J connectivity index is 1.45. The molecule has 1 amide bonds. The Kier molecular flexibility index (Phi) is 6.99. The molecule has 3 aromatic rings. The van der Waals surface area contributed by atoms with Crippen LogP contribution in [0.15, 0.2) is 81.4 Å². The van der Waals surface area contributed by atoms with Crippen LogP contribution in [0.5, 0.6) is 0 Å². The number of para-hydroxylation sites is 2. The fourth-order valence-corrected chi connectivity index (χ4v) is 6.75. The number of hydrogen-bond donors (Lipinski definition) is 1. The lowest BCUT2D eigenvalue weighted by Gasteiger charge is -2.29. The van der Waals surface area contributed by atoms with E-state index in [9.17, 15) is 14.7 Å². The lowest BCUT2D eigenvalue weighted by Crippen LogP contribution is -2.42. The highest BCUT2D eigenvalue weighted by molar-refractivity contribution is 14.1. The van der Waals surface area contributed by atoms with E-state index in [4.69, 9.17) is 0 Å². The molecule has 35 heavy (non-hydrogen) atoms. The van der Waals surface area contributed by atoms with Gasteiger partial charge in [-0.3, -0.25) is 9.59 Å². The minimum atomic E-state index is -0.225. The first-order valence-electron chi connectivity index (χ1n) is 11.2. The van der Waals surface area contributed by atoms with Crippen molar-refractivity contribution < 1.29 is 19.3 Å². The quantitative estimate of drug-likeness (QED) is 0.190. The molecule has 0 fully saturated rings. The van der Waals surface area contributed by atoms with Gasteiger partial charge in [0.25, 0.3) is 5.01 Å². The van der Waals surface area contributed by atoms with Crippen molar-refractivity contribution in [1.29, 1.82) is 0 Å². The summed E-state index contributed by atoms with van der Waals surface area (Å²) in [5, 5.41) is 17.6. The monoisotopic (exact) mass is 615 g/mol. The number of carbonyl (C=O) groups excluding carboxylic acids is 2. The molecule has 0 bridgehead atoms. The van der Waals surface area contributed by atoms with Crippen molar-refractivity contribution in [2.45, 2.75) is 18.4 Å². The van der Waals surface area contributed by atoms with Crippen molar-refractivity contribution in [1.82, 2.24) is 5.32 Å². The Morgan fingerprint density at radius 3 is 2.71 bits per heavy atom. The molecule has 0 atom stereocenters. The number of thioether (sulfide) groups is 1. The fraction of sp³-hybridized carbons (Fsp3) is 0.192. The van der Waals surface area contributed by atoms with Gasteiger partial charge in [-0.05, 0) is 31.2 Å². The summed E-state index contributed by atoms with van der Waals surface area (Å²) in [5.41, 5.74) is 2.55. The number of alkyl halides is 1. The zero-order valence-corrected chi connectivity index (χ0v) is 22.7. The smallest absolute Gasteiger partial charge is 0.263 e. The van der Waals surface area contributed by atoms with E-state index in [2.05, 4.69) is 27.8 Å². The SMILES string of the molecule is CCN1/C(=C/C2=C([O-])C(=C/c3sc4ccccc4[n+]3CCNC(=O)CI)/C2=O)Sc2ccccc21. The van der Waals surface area contributed by atoms with Crippen molar-refractivity contribution in [3.05, 3.63) is 81.5 Å². The molecule has 0 spiro atoms. The molecule has 2 aliphatic rings. The second-order valence-corrected chi connectivity index (χ2v) is 10.9. The highest BCUT2D eigenvalue weighted by Crippen LogP contribution is 2.46. The molecule has 1 aliphatic heterocycles. The number of halogens is 1. The van der Waals surface area contributed by atoms with Crippen molar-refractivity contribution in [2.75, 3.05) is 22.4 Å². The Hall–Kier alpha value is -2.63. The van der Waals surface area contributed by atoms with Gasteiger partial charge < -0.3 is 15.3 Å². The van der Waals surface area contributed by atoms with Crippen LogP contribution in [0.1, 0.15) is 11.9 Å². The molecule has 5 rings (SSSR count). The Morgan fingerprint density at radius 2 is 1.94 bits per heavy atom. The largest absolute Gasteiger partial charge is 0.871 e. The average Bonchev–Trinajstić information content (AvgIpc) is 3.42. The van der Waals surface area contributed by atoms with Crippen LogP contribution in [0.2, 0.25) is 0 Å². The molecule has 2 aromatic carbocycles. The lowest BCUT2D eigenvalue weighted by atomic mass is 9.88. The molecule has 1 N–H and O–H groups in total. The van der Waals surface area contributed by atoms with Crippen LogP contribution in [0.3, 0.4) is 0 Å². The number of benzene rings is 2. The minimum absolute atomic E-state index is 0.0182. The summed E-state index contributed by atoms with van der Waals surface area (Å²) in [7, 11) is 0. The maximum Gasteiger partial charge on any atom is 0.263 e. The number of hydrogen-bond acceptors (Lipinski definition) is 6. The Labute approximate surface area is 225 Å². The van der Waals surface area contributed by atoms with E-state index in [-0.39, 0.29) is 28.6 Å². The summed E-state index contributed by atoms with van der Waals surface area (Å²) < 4.78 is 3.52. The van der Waals surface area contributed by atoms with Gasteiger partial charge in [-0.25, -0.2) is 0 Å². The summed E-state index contributed by atoms with van der Waals surface area (Å²) in [5.74, 6) is -0.468. The third-order valence-corrected chi connectivity index (χ3v) is 8.80. The second kappa shape index (κ2) is 10.2. The van der Waals surface area contributed by atoms with E-state index >= 15 is 0 Å². The van der Waals surface area contributed by atoms with Gasteiger partial charge in [0.15, 0.2) is 12.3 Å². The number of nitrogens with zero attached hydrogens (tertiary/aromatic N) is 2. The molecular formula is C26H22IN3O3S2. The predicted molar refractivity (Wildman–Crippen MR) is 147 cm³/mol. The van der Waals surface area contributed by atoms with E-state index in [0.717, 1.165) is 37.4 Å². The normalized spacial score (nSPS) is 17.4. The van der Waals surface area contributed by atoms with E-state index < -0.39 is 0 Å². The van der Waals surface area contributed by atoms with Crippen molar-refractivity contribution in [2.24, 2.45) is 0 Å². The van der Waals surface area contributed by atoms with Crippen molar-refractivity contribution in [3.8, 4) is 0 Å².